The molecule has 0 atom stereocenters. The second-order valence-corrected chi connectivity index (χ2v) is 8.41. The first kappa shape index (κ1) is 23.2. The zero-order chi connectivity index (χ0) is 24.2. The van der Waals surface area contributed by atoms with Crippen LogP contribution in [0.15, 0.2) is 60.8 Å². The number of methoxy groups -OCH3 is 1. The summed E-state index contributed by atoms with van der Waals surface area (Å²) >= 11 is 6.23. The molecule has 1 aliphatic rings. The summed E-state index contributed by atoms with van der Waals surface area (Å²) in [5.74, 6) is 0.583. The molecule has 0 aliphatic carbocycles. The Kier molecular flexibility index (Phi) is 6.75. The molecule has 0 fully saturated rings. The van der Waals surface area contributed by atoms with Gasteiger partial charge in [0.25, 0.3) is 0 Å². The minimum absolute atomic E-state index is 0.271. The molecule has 1 aliphatic heterocycles. The van der Waals surface area contributed by atoms with Crippen LogP contribution in [0, 0.1) is 13.8 Å². The third-order valence-electron chi connectivity index (χ3n) is 5.50. The van der Waals surface area contributed by atoms with E-state index in [1.54, 1.807) is 30.3 Å². The predicted molar refractivity (Wildman–Crippen MR) is 137 cm³/mol. The number of amides is 4. The van der Waals surface area contributed by atoms with E-state index in [0.717, 1.165) is 22.3 Å². The monoisotopic (exact) mass is 476 g/mol. The number of aryl methyl sites for hydroxylation is 2. The Morgan fingerprint density at radius 3 is 2.59 bits per heavy atom. The lowest BCUT2D eigenvalue weighted by Gasteiger charge is -2.25. The number of para-hydroxylation sites is 1. The van der Waals surface area contributed by atoms with E-state index in [4.69, 9.17) is 16.3 Å². The SMILES string of the molecule is COc1ccc(C)cc1NC(=O)Nc1ccc2c(c1)C=CN(C(=O)Nc1c(C)cccc1Cl)C2. The number of rotatable bonds is 4. The van der Waals surface area contributed by atoms with Crippen LogP contribution in [0.5, 0.6) is 5.75 Å². The molecule has 1 heterocycles. The number of anilines is 3. The van der Waals surface area contributed by atoms with Crippen molar-refractivity contribution in [2.75, 3.05) is 23.1 Å². The zero-order valence-corrected chi connectivity index (χ0v) is 19.9. The van der Waals surface area contributed by atoms with Gasteiger partial charge in [0.05, 0.1) is 30.1 Å². The molecule has 3 aromatic carbocycles. The third-order valence-corrected chi connectivity index (χ3v) is 5.81. The molecule has 3 N–H and O–H groups in total. The van der Waals surface area contributed by atoms with Crippen molar-refractivity contribution in [1.82, 2.24) is 4.90 Å². The summed E-state index contributed by atoms with van der Waals surface area (Å²) in [6.07, 6.45) is 3.55. The van der Waals surface area contributed by atoms with Crippen molar-refractivity contribution < 1.29 is 14.3 Å². The number of hydrogen-bond acceptors (Lipinski definition) is 3. The normalized spacial score (nSPS) is 12.1. The van der Waals surface area contributed by atoms with E-state index >= 15 is 0 Å². The zero-order valence-electron chi connectivity index (χ0n) is 19.1. The number of nitrogens with zero attached hydrogens (tertiary/aromatic N) is 1. The average molecular weight is 477 g/mol. The quantitative estimate of drug-likeness (QED) is 0.395. The molecule has 0 saturated carbocycles. The number of carbonyl (C=O) groups is 2. The van der Waals surface area contributed by atoms with Crippen molar-refractivity contribution in [2.45, 2.75) is 20.4 Å². The molecule has 0 unspecified atom stereocenters. The first-order chi connectivity index (χ1) is 16.3. The molecule has 4 amide bonds. The van der Waals surface area contributed by atoms with Crippen molar-refractivity contribution in [3.8, 4) is 5.75 Å². The van der Waals surface area contributed by atoms with Gasteiger partial charge in [-0.2, -0.15) is 0 Å². The highest BCUT2D eigenvalue weighted by Crippen LogP contribution is 2.28. The van der Waals surface area contributed by atoms with E-state index in [0.29, 0.717) is 34.4 Å². The number of nitrogens with one attached hydrogen (secondary N) is 3. The molecule has 0 aromatic heterocycles. The first-order valence-electron chi connectivity index (χ1n) is 10.7. The van der Waals surface area contributed by atoms with E-state index < -0.39 is 0 Å². The Balaban J connectivity index is 1.42. The number of fused-ring (bicyclic) bond motifs is 1. The number of carbonyl (C=O) groups excluding carboxylic acids is 2. The van der Waals surface area contributed by atoms with Crippen molar-refractivity contribution >= 4 is 46.8 Å². The van der Waals surface area contributed by atoms with Gasteiger partial charge in [0.2, 0.25) is 0 Å². The molecule has 0 spiro atoms. The van der Waals surface area contributed by atoms with Crippen LogP contribution in [-0.2, 0) is 6.54 Å². The summed E-state index contributed by atoms with van der Waals surface area (Å²) in [5.41, 5.74) is 5.60. The van der Waals surface area contributed by atoms with Gasteiger partial charge < -0.3 is 20.7 Å². The fourth-order valence-corrected chi connectivity index (χ4v) is 3.96. The third kappa shape index (κ3) is 5.15. The molecule has 3 aromatic rings. The minimum Gasteiger partial charge on any atom is -0.495 e. The minimum atomic E-state index is -0.375. The second-order valence-electron chi connectivity index (χ2n) is 8.00. The smallest absolute Gasteiger partial charge is 0.326 e. The van der Waals surface area contributed by atoms with Gasteiger partial charge in [-0.3, -0.25) is 4.90 Å². The number of ether oxygens (including phenoxy) is 1. The molecular formula is C26H25ClN4O3. The summed E-state index contributed by atoms with van der Waals surface area (Å²) in [4.78, 5) is 26.9. The van der Waals surface area contributed by atoms with Crippen LogP contribution in [0.25, 0.3) is 6.08 Å². The Labute approximate surface area is 203 Å². The molecule has 174 valence electrons. The summed E-state index contributed by atoms with van der Waals surface area (Å²) in [6, 6.07) is 16.0. The van der Waals surface area contributed by atoms with Crippen LogP contribution in [0.4, 0.5) is 26.7 Å². The maximum atomic E-state index is 12.8. The van der Waals surface area contributed by atoms with Gasteiger partial charge in [-0.15, -0.1) is 0 Å². The average Bonchev–Trinajstić information content (AvgIpc) is 2.81. The van der Waals surface area contributed by atoms with Crippen LogP contribution in [0.2, 0.25) is 5.02 Å². The Hall–Kier alpha value is -3.97. The lowest BCUT2D eigenvalue weighted by molar-refractivity contribution is 0.227. The van der Waals surface area contributed by atoms with Gasteiger partial charge in [0, 0.05) is 11.9 Å². The van der Waals surface area contributed by atoms with Gasteiger partial charge in [-0.1, -0.05) is 35.9 Å². The number of hydrogen-bond donors (Lipinski definition) is 3. The number of urea groups is 2. The van der Waals surface area contributed by atoms with E-state index in [2.05, 4.69) is 16.0 Å². The van der Waals surface area contributed by atoms with Gasteiger partial charge in [-0.25, -0.2) is 9.59 Å². The molecule has 8 heteroatoms. The standard InChI is InChI=1S/C26H25ClN4O3/c1-16-7-10-23(34-3)22(13-16)29-25(32)28-20-9-8-19-15-31(12-11-18(19)14-20)26(33)30-24-17(2)5-4-6-21(24)27/h4-14H,15H2,1-3H3,(H,30,33)(H2,28,29,32). The van der Waals surface area contributed by atoms with Crippen molar-refractivity contribution in [3.05, 3.63) is 88.1 Å². The highest BCUT2D eigenvalue weighted by Gasteiger charge is 2.19. The lowest BCUT2D eigenvalue weighted by atomic mass is 10.0. The van der Waals surface area contributed by atoms with Crippen LogP contribution >= 0.6 is 11.6 Å². The highest BCUT2D eigenvalue weighted by molar-refractivity contribution is 6.33. The summed E-state index contributed by atoms with van der Waals surface area (Å²) in [5, 5.41) is 9.04. The second kappa shape index (κ2) is 9.89. The summed E-state index contributed by atoms with van der Waals surface area (Å²) in [7, 11) is 1.56. The molecule has 0 bridgehead atoms. The summed E-state index contributed by atoms with van der Waals surface area (Å²) < 4.78 is 5.31. The van der Waals surface area contributed by atoms with Crippen LogP contribution in [-0.4, -0.2) is 24.1 Å². The van der Waals surface area contributed by atoms with Crippen LogP contribution in [0.3, 0.4) is 0 Å². The van der Waals surface area contributed by atoms with Gasteiger partial charge in [0.1, 0.15) is 5.75 Å². The van der Waals surface area contributed by atoms with E-state index in [-0.39, 0.29) is 12.1 Å². The van der Waals surface area contributed by atoms with Crippen LogP contribution in [0.1, 0.15) is 22.3 Å². The number of halogens is 1. The number of benzene rings is 3. The molecule has 34 heavy (non-hydrogen) atoms. The van der Waals surface area contributed by atoms with E-state index in [9.17, 15) is 9.59 Å². The lowest BCUT2D eigenvalue weighted by Crippen LogP contribution is -2.32. The Morgan fingerprint density at radius 2 is 1.82 bits per heavy atom. The van der Waals surface area contributed by atoms with Crippen molar-refractivity contribution in [2.24, 2.45) is 0 Å². The molecule has 4 rings (SSSR count). The first-order valence-corrected chi connectivity index (χ1v) is 11.1. The molecule has 7 nitrogen and oxygen atoms in total. The van der Waals surface area contributed by atoms with Gasteiger partial charge in [0.15, 0.2) is 0 Å². The van der Waals surface area contributed by atoms with E-state index in [1.165, 1.54) is 0 Å². The molecule has 0 saturated heterocycles. The van der Waals surface area contributed by atoms with Crippen molar-refractivity contribution in [3.63, 3.8) is 0 Å². The Morgan fingerprint density at radius 1 is 1.00 bits per heavy atom. The van der Waals surface area contributed by atoms with Crippen LogP contribution < -0.4 is 20.7 Å². The topological polar surface area (TPSA) is 82.7 Å². The fourth-order valence-electron chi connectivity index (χ4n) is 3.69. The summed E-state index contributed by atoms with van der Waals surface area (Å²) in [6.45, 7) is 4.23. The maximum Gasteiger partial charge on any atom is 0.326 e. The molecule has 0 radical (unpaired) electrons. The highest BCUT2D eigenvalue weighted by atomic mass is 35.5. The maximum absolute atomic E-state index is 12.8. The van der Waals surface area contributed by atoms with Gasteiger partial charge in [-0.05, 0) is 72.5 Å². The molecular weight excluding hydrogens is 452 g/mol. The van der Waals surface area contributed by atoms with Gasteiger partial charge >= 0.3 is 12.1 Å². The largest absolute Gasteiger partial charge is 0.495 e. The Bertz CT molecular complexity index is 1270. The predicted octanol–water partition coefficient (Wildman–Crippen LogP) is 6.63. The van der Waals surface area contributed by atoms with E-state index in [1.807, 2.05) is 62.4 Å². The fraction of sp³-hybridized carbons (Fsp3) is 0.154. The van der Waals surface area contributed by atoms with Crippen molar-refractivity contribution in [1.29, 1.82) is 0 Å².